The SMILES string of the molecule is C=CC(C)c1c(F)cnnc1Br. The van der Waals surface area contributed by atoms with Crippen molar-refractivity contribution in [1.29, 1.82) is 0 Å². The molecule has 1 unspecified atom stereocenters. The Labute approximate surface area is 78.6 Å². The molecule has 1 heterocycles. The van der Waals surface area contributed by atoms with Crippen LogP contribution in [0.2, 0.25) is 0 Å². The third-order valence-electron chi connectivity index (χ3n) is 1.61. The zero-order valence-electron chi connectivity index (χ0n) is 6.59. The zero-order valence-corrected chi connectivity index (χ0v) is 8.18. The van der Waals surface area contributed by atoms with Crippen LogP contribution in [-0.4, -0.2) is 10.2 Å². The lowest BCUT2D eigenvalue weighted by Gasteiger charge is -2.07. The number of hydrogen-bond donors (Lipinski definition) is 0. The second-order valence-electron chi connectivity index (χ2n) is 2.42. The molecule has 0 aliphatic heterocycles. The summed E-state index contributed by atoms with van der Waals surface area (Å²) in [7, 11) is 0. The minimum absolute atomic E-state index is 0.0603. The van der Waals surface area contributed by atoms with Gasteiger partial charge in [-0.3, -0.25) is 0 Å². The van der Waals surface area contributed by atoms with Crippen LogP contribution in [0.4, 0.5) is 4.39 Å². The van der Waals surface area contributed by atoms with E-state index >= 15 is 0 Å². The molecule has 0 saturated heterocycles. The minimum Gasteiger partial charge on any atom is -0.205 e. The van der Waals surface area contributed by atoms with E-state index in [1.54, 1.807) is 6.08 Å². The highest BCUT2D eigenvalue weighted by molar-refractivity contribution is 9.10. The van der Waals surface area contributed by atoms with Gasteiger partial charge in [0, 0.05) is 11.5 Å². The standard InChI is InChI=1S/C8H8BrFN2/c1-3-5(2)7-6(10)4-11-12-8(7)9/h3-5H,1H2,2H3. The summed E-state index contributed by atoms with van der Waals surface area (Å²) >= 11 is 3.13. The predicted octanol–water partition coefficient (Wildman–Crippen LogP) is 2.67. The quantitative estimate of drug-likeness (QED) is 0.731. The summed E-state index contributed by atoms with van der Waals surface area (Å²) in [6.45, 7) is 5.43. The van der Waals surface area contributed by atoms with Crippen molar-refractivity contribution in [3.05, 3.63) is 34.8 Å². The van der Waals surface area contributed by atoms with E-state index in [4.69, 9.17) is 0 Å². The van der Waals surface area contributed by atoms with Crippen LogP contribution in [0.15, 0.2) is 23.5 Å². The third-order valence-corrected chi connectivity index (χ3v) is 2.19. The lowest BCUT2D eigenvalue weighted by Crippen LogP contribution is -1.99. The van der Waals surface area contributed by atoms with Crippen LogP contribution >= 0.6 is 15.9 Å². The molecule has 64 valence electrons. The van der Waals surface area contributed by atoms with Crippen molar-refractivity contribution >= 4 is 15.9 Å². The smallest absolute Gasteiger partial charge is 0.149 e. The first kappa shape index (κ1) is 9.32. The highest BCUT2D eigenvalue weighted by Crippen LogP contribution is 2.25. The summed E-state index contributed by atoms with van der Waals surface area (Å²) in [6.07, 6.45) is 2.75. The monoisotopic (exact) mass is 230 g/mol. The second kappa shape index (κ2) is 3.76. The van der Waals surface area contributed by atoms with E-state index in [-0.39, 0.29) is 11.7 Å². The van der Waals surface area contributed by atoms with Crippen molar-refractivity contribution in [1.82, 2.24) is 10.2 Å². The number of hydrogen-bond acceptors (Lipinski definition) is 2. The van der Waals surface area contributed by atoms with Crippen LogP contribution in [0, 0.1) is 5.82 Å². The molecular formula is C8H8BrFN2. The molecule has 1 aromatic heterocycles. The average Bonchev–Trinajstić information content (AvgIpc) is 2.03. The van der Waals surface area contributed by atoms with Gasteiger partial charge in [-0.15, -0.1) is 11.7 Å². The van der Waals surface area contributed by atoms with E-state index in [0.29, 0.717) is 10.2 Å². The first-order valence-corrected chi connectivity index (χ1v) is 4.25. The molecule has 0 aliphatic carbocycles. The molecule has 4 heteroatoms. The molecule has 2 nitrogen and oxygen atoms in total. The van der Waals surface area contributed by atoms with Crippen molar-refractivity contribution in [3.8, 4) is 0 Å². The summed E-state index contributed by atoms with van der Waals surface area (Å²) in [5, 5.41) is 7.14. The van der Waals surface area contributed by atoms with E-state index in [1.165, 1.54) is 0 Å². The molecule has 0 spiro atoms. The summed E-state index contributed by atoms with van der Waals surface area (Å²) in [6, 6.07) is 0. The molecule has 0 amide bonds. The first-order chi connectivity index (χ1) is 5.66. The van der Waals surface area contributed by atoms with E-state index in [0.717, 1.165) is 6.20 Å². The molecule has 0 aliphatic rings. The third kappa shape index (κ3) is 1.69. The van der Waals surface area contributed by atoms with Gasteiger partial charge in [0.05, 0.1) is 6.20 Å². The molecule has 0 radical (unpaired) electrons. The molecule has 0 N–H and O–H groups in total. The van der Waals surface area contributed by atoms with Gasteiger partial charge >= 0.3 is 0 Å². The zero-order chi connectivity index (χ0) is 9.14. The van der Waals surface area contributed by atoms with E-state index < -0.39 is 0 Å². The average molecular weight is 231 g/mol. The fourth-order valence-corrected chi connectivity index (χ4v) is 1.52. The Hall–Kier alpha value is -0.770. The maximum absolute atomic E-state index is 13.1. The van der Waals surface area contributed by atoms with Gasteiger partial charge < -0.3 is 0 Å². The molecule has 0 saturated carbocycles. The van der Waals surface area contributed by atoms with Gasteiger partial charge in [-0.25, -0.2) is 4.39 Å². The Morgan fingerprint density at radius 3 is 2.92 bits per heavy atom. The minimum atomic E-state index is -0.357. The number of allylic oxidation sites excluding steroid dienone is 1. The topological polar surface area (TPSA) is 25.8 Å². The summed E-state index contributed by atoms with van der Waals surface area (Å²) in [4.78, 5) is 0. The number of aromatic nitrogens is 2. The number of rotatable bonds is 2. The maximum atomic E-state index is 13.1. The van der Waals surface area contributed by atoms with Crippen molar-refractivity contribution in [2.24, 2.45) is 0 Å². The van der Waals surface area contributed by atoms with E-state index in [1.807, 2.05) is 6.92 Å². The van der Waals surface area contributed by atoms with E-state index in [9.17, 15) is 4.39 Å². The predicted molar refractivity (Wildman–Crippen MR) is 48.3 cm³/mol. The Morgan fingerprint density at radius 1 is 1.75 bits per heavy atom. The van der Waals surface area contributed by atoms with Crippen molar-refractivity contribution in [2.45, 2.75) is 12.8 Å². The first-order valence-electron chi connectivity index (χ1n) is 3.46. The van der Waals surface area contributed by atoms with Crippen LogP contribution in [0.25, 0.3) is 0 Å². The van der Waals surface area contributed by atoms with Gasteiger partial charge in [0.25, 0.3) is 0 Å². The Bertz CT molecular complexity index is 281. The lowest BCUT2D eigenvalue weighted by molar-refractivity contribution is 0.587. The molecule has 1 aromatic rings. The number of nitrogens with zero attached hydrogens (tertiary/aromatic N) is 2. The Balaban J connectivity index is 3.20. The lowest BCUT2D eigenvalue weighted by atomic mass is 10.0. The maximum Gasteiger partial charge on any atom is 0.149 e. The molecule has 1 atom stereocenters. The van der Waals surface area contributed by atoms with Gasteiger partial charge in [-0.05, 0) is 15.9 Å². The summed E-state index contributed by atoms with van der Waals surface area (Å²) in [5.41, 5.74) is 0.500. The van der Waals surface area contributed by atoms with Crippen molar-refractivity contribution in [3.63, 3.8) is 0 Å². The van der Waals surface area contributed by atoms with Gasteiger partial charge in [0.15, 0.2) is 0 Å². The van der Waals surface area contributed by atoms with Gasteiger partial charge in [0.2, 0.25) is 0 Å². The Kier molecular flexibility index (Phi) is 2.92. The molecule has 1 rings (SSSR count). The molecule has 0 bridgehead atoms. The highest BCUT2D eigenvalue weighted by Gasteiger charge is 2.12. The highest BCUT2D eigenvalue weighted by atomic mass is 79.9. The summed E-state index contributed by atoms with van der Waals surface area (Å²) < 4.78 is 13.5. The summed E-state index contributed by atoms with van der Waals surface area (Å²) in [5.74, 6) is -0.417. The van der Waals surface area contributed by atoms with Gasteiger partial charge in [0.1, 0.15) is 10.4 Å². The van der Waals surface area contributed by atoms with Crippen LogP contribution in [0.3, 0.4) is 0 Å². The second-order valence-corrected chi connectivity index (χ2v) is 3.17. The fraction of sp³-hybridized carbons (Fsp3) is 0.250. The molecule has 0 aromatic carbocycles. The van der Waals surface area contributed by atoms with Crippen LogP contribution < -0.4 is 0 Å². The van der Waals surface area contributed by atoms with E-state index in [2.05, 4.69) is 32.7 Å². The largest absolute Gasteiger partial charge is 0.205 e. The van der Waals surface area contributed by atoms with Crippen molar-refractivity contribution < 1.29 is 4.39 Å². The van der Waals surface area contributed by atoms with Crippen LogP contribution in [0.1, 0.15) is 18.4 Å². The molecular weight excluding hydrogens is 223 g/mol. The normalized spacial score (nSPS) is 12.6. The Morgan fingerprint density at radius 2 is 2.42 bits per heavy atom. The van der Waals surface area contributed by atoms with Crippen LogP contribution in [-0.2, 0) is 0 Å². The van der Waals surface area contributed by atoms with Gasteiger partial charge in [-0.1, -0.05) is 13.0 Å². The molecule has 0 fully saturated rings. The molecule has 12 heavy (non-hydrogen) atoms. The van der Waals surface area contributed by atoms with Crippen LogP contribution in [0.5, 0.6) is 0 Å². The van der Waals surface area contributed by atoms with Crippen molar-refractivity contribution in [2.75, 3.05) is 0 Å². The van der Waals surface area contributed by atoms with Gasteiger partial charge in [-0.2, -0.15) is 5.10 Å². The fourth-order valence-electron chi connectivity index (χ4n) is 0.875. The number of halogens is 2.